The number of benzene rings is 2. The molecule has 8 heteroatoms. The molecule has 0 aliphatic carbocycles. The van der Waals surface area contributed by atoms with Crippen molar-refractivity contribution in [2.75, 3.05) is 13.1 Å². The molecule has 254 valence electrons. The minimum Gasteiger partial charge on any atom is -0.508 e. The van der Waals surface area contributed by atoms with Crippen molar-refractivity contribution in [2.24, 2.45) is 0 Å². The van der Waals surface area contributed by atoms with Crippen LogP contribution in [0.2, 0.25) is 0 Å². The van der Waals surface area contributed by atoms with Gasteiger partial charge in [0, 0.05) is 30.8 Å². The van der Waals surface area contributed by atoms with Crippen LogP contribution >= 0.6 is 15.9 Å². The number of carbonyl (C=O) groups excluding carboxylic acids is 2. The number of carbonyl (C=O) groups is 2. The van der Waals surface area contributed by atoms with Gasteiger partial charge in [0.05, 0.1) is 4.47 Å². The van der Waals surface area contributed by atoms with Crippen LogP contribution in [-0.2, 0) is 9.59 Å². The fourth-order valence-electron chi connectivity index (χ4n) is 5.04. The quantitative estimate of drug-likeness (QED) is 0.0645. The van der Waals surface area contributed by atoms with Gasteiger partial charge in [0.1, 0.15) is 11.5 Å². The van der Waals surface area contributed by atoms with Crippen LogP contribution in [0.3, 0.4) is 0 Å². The van der Waals surface area contributed by atoms with E-state index in [0.29, 0.717) is 34.4 Å². The first-order valence-corrected chi connectivity index (χ1v) is 18.1. The molecule has 4 N–H and O–H groups in total. The van der Waals surface area contributed by atoms with E-state index in [-0.39, 0.29) is 29.1 Å². The standard InChI is InChI=1S/C38H55BrN2O5/c1-3-5-7-9-11-13-15-17-25-40-36(43)23-19-30-27-33(39)38(45)35(28-30)46-34-22-21-32(42)29-31(34)20-24-37(44)41-26-18-16-14-12-10-8-6-4-2/h19-24,27-29,42,45H,3-18,25-26H2,1-2H3,(H,40,43)(H,41,44)/b23-19+,24-20+. The molecule has 7 nitrogen and oxygen atoms in total. The van der Waals surface area contributed by atoms with Crippen LogP contribution in [0, 0.1) is 0 Å². The predicted molar refractivity (Wildman–Crippen MR) is 193 cm³/mol. The van der Waals surface area contributed by atoms with Crippen molar-refractivity contribution in [3.05, 3.63) is 58.1 Å². The Morgan fingerprint density at radius 1 is 0.674 bits per heavy atom. The molecule has 0 unspecified atom stereocenters. The highest BCUT2D eigenvalue weighted by Crippen LogP contribution is 2.40. The van der Waals surface area contributed by atoms with Gasteiger partial charge in [-0.05, 0) is 76.8 Å². The number of nitrogens with one attached hydrogen (secondary N) is 2. The SMILES string of the molecule is CCCCCCCCCCNC(=O)/C=C/c1cc(Br)c(O)c(Oc2ccc(O)cc2/C=C/C(=O)NCCCCCCCCCC)c1. The lowest BCUT2D eigenvalue weighted by Gasteiger charge is -2.13. The third kappa shape index (κ3) is 16.9. The fourth-order valence-corrected chi connectivity index (χ4v) is 5.50. The van der Waals surface area contributed by atoms with E-state index in [9.17, 15) is 19.8 Å². The third-order valence-corrected chi connectivity index (χ3v) is 8.37. The second kappa shape index (κ2) is 24.0. The Bertz CT molecular complexity index is 1240. The van der Waals surface area contributed by atoms with Crippen LogP contribution in [0.5, 0.6) is 23.0 Å². The van der Waals surface area contributed by atoms with Gasteiger partial charge in [0.2, 0.25) is 11.8 Å². The lowest BCUT2D eigenvalue weighted by Crippen LogP contribution is -2.21. The fraction of sp³-hybridized carbons (Fsp3) is 0.526. The minimum atomic E-state index is -0.226. The van der Waals surface area contributed by atoms with E-state index in [4.69, 9.17) is 4.74 Å². The molecule has 0 spiro atoms. The van der Waals surface area contributed by atoms with E-state index in [0.717, 1.165) is 25.7 Å². The van der Waals surface area contributed by atoms with Crippen LogP contribution < -0.4 is 15.4 Å². The lowest BCUT2D eigenvalue weighted by molar-refractivity contribution is -0.117. The summed E-state index contributed by atoms with van der Waals surface area (Å²) in [6, 6.07) is 7.85. The summed E-state index contributed by atoms with van der Waals surface area (Å²) in [6.45, 7) is 5.69. The number of phenols is 2. The summed E-state index contributed by atoms with van der Waals surface area (Å²) < 4.78 is 6.44. The molecule has 0 saturated heterocycles. The second-order valence-electron chi connectivity index (χ2n) is 11.9. The topological polar surface area (TPSA) is 108 Å². The normalized spacial score (nSPS) is 11.4. The monoisotopic (exact) mass is 698 g/mol. The van der Waals surface area contributed by atoms with Gasteiger partial charge in [-0.2, -0.15) is 0 Å². The Balaban J connectivity index is 1.89. The first kappa shape index (κ1) is 38.9. The number of ether oxygens (including phenoxy) is 1. The Kier molecular flexibility index (Phi) is 20.3. The Morgan fingerprint density at radius 3 is 1.72 bits per heavy atom. The highest BCUT2D eigenvalue weighted by molar-refractivity contribution is 9.10. The zero-order chi connectivity index (χ0) is 33.4. The molecular formula is C38H55BrN2O5. The van der Waals surface area contributed by atoms with E-state index >= 15 is 0 Å². The first-order chi connectivity index (χ1) is 22.3. The molecule has 2 aromatic carbocycles. The highest BCUT2D eigenvalue weighted by Gasteiger charge is 2.13. The number of hydrogen-bond donors (Lipinski definition) is 4. The number of amides is 2. The van der Waals surface area contributed by atoms with E-state index in [1.165, 1.54) is 101 Å². The summed E-state index contributed by atoms with van der Waals surface area (Å²) in [4.78, 5) is 24.8. The number of phenolic OH excluding ortho intramolecular Hbond substituents is 2. The van der Waals surface area contributed by atoms with Crippen LogP contribution in [0.1, 0.15) is 128 Å². The minimum absolute atomic E-state index is 0.0198. The van der Waals surface area contributed by atoms with Crippen LogP contribution in [0.25, 0.3) is 12.2 Å². The predicted octanol–water partition coefficient (Wildman–Crippen LogP) is 10.2. The molecule has 0 aromatic heterocycles. The molecular weight excluding hydrogens is 644 g/mol. The smallest absolute Gasteiger partial charge is 0.244 e. The van der Waals surface area contributed by atoms with Crippen LogP contribution in [0.15, 0.2) is 47.0 Å². The maximum Gasteiger partial charge on any atom is 0.244 e. The van der Waals surface area contributed by atoms with Crippen molar-refractivity contribution in [1.29, 1.82) is 0 Å². The zero-order valence-electron chi connectivity index (χ0n) is 27.9. The van der Waals surface area contributed by atoms with Crippen molar-refractivity contribution in [2.45, 2.75) is 117 Å². The van der Waals surface area contributed by atoms with E-state index in [2.05, 4.69) is 40.4 Å². The van der Waals surface area contributed by atoms with Crippen LogP contribution in [0.4, 0.5) is 0 Å². The number of halogens is 1. The van der Waals surface area contributed by atoms with Crippen molar-refractivity contribution in [1.82, 2.24) is 10.6 Å². The van der Waals surface area contributed by atoms with Gasteiger partial charge in [-0.15, -0.1) is 0 Å². The largest absolute Gasteiger partial charge is 0.508 e. The molecule has 0 atom stereocenters. The van der Waals surface area contributed by atoms with E-state index in [1.807, 2.05) is 0 Å². The lowest BCUT2D eigenvalue weighted by atomic mass is 10.1. The number of rotatable bonds is 24. The van der Waals surface area contributed by atoms with Crippen molar-refractivity contribution in [3.63, 3.8) is 0 Å². The average molecular weight is 700 g/mol. The average Bonchev–Trinajstić information content (AvgIpc) is 3.04. The first-order valence-electron chi connectivity index (χ1n) is 17.3. The van der Waals surface area contributed by atoms with Gasteiger partial charge in [-0.25, -0.2) is 0 Å². The maximum atomic E-state index is 12.4. The summed E-state index contributed by atoms with van der Waals surface area (Å²) in [5, 5.41) is 26.6. The van der Waals surface area contributed by atoms with Gasteiger partial charge in [0.25, 0.3) is 0 Å². The molecule has 2 aromatic rings. The number of aromatic hydroxyl groups is 2. The van der Waals surface area contributed by atoms with Gasteiger partial charge >= 0.3 is 0 Å². The summed E-state index contributed by atoms with van der Waals surface area (Å²) in [5.74, 6) is 0.00921. The molecule has 0 heterocycles. The van der Waals surface area contributed by atoms with Gasteiger partial charge in [-0.1, -0.05) is 104 Å². The van der Waals surface area contributed by atoms with Crippen molar-refractivity contribution >= 4 is 39.9 Å². The maximum absolute atomic E-state index is 12.4. The molecule has 46 heavy (non-hydrogen) atoms. The molecule has 0 radical (unpaired) electrons. The summed E-state index contributed by atoms with van der Waals surface area (Å²) in [6.07, 6.45) is 25.4. The molecule has 0 fully saturated rings. The summed E-state index contributed by atoms with van der Waals surface area (Å²) >= 11 is 3.37. The Morgan fingerprint density at radius 2 is 1.17 bits per heavy atom. The molecule has 0 bridgehead atoms. The molecule has 0 aliphatic rings. The molecule has 2 amide bonds. The third-order valence-electron chi connectivity index (χ3n) is 7.76. The van der Waals surface area contributed by atoms with Gasteiger partial charge in [0.15, 0.2) is 11.5 Å². The molecule has 0 aliphatic heterocycles. The van der Waals surface area contributed by atoms with Gasteiger partial charge < -0.3 is 25.6 Å². The number of unbranched alkanes of at least 4 members (excludes halogenated alkanes) is 14. The van der Waals surface area contributed by atoms with Crippen molar-refractivity contribution < 1.29 is 24.5 Å². The second-order valence-corrected chi connectivity index (χ2v) is 12.7. The van der Waals surface area contributed by atoms with Crippen LogP contribution in [-0.4, -0.2) is 35.1 Å². The molecule has 0 saturated carbocycles. The summed E-state index contributed by atoms with van der Waals surface area (Å²) in [5.41, 5.74) is 1.12. The Hall–Kier alpha value is -3.26. The zero-order valence-corrected chi connectivity index (χ0v) is 29.5. The van der Waals surface area contributed by atoms with E-state index < -0.39 is 0 Å². The van der Waals surface area contributed by atoms with Gasteiger partial charge in [-0.3, -0.25) is 9.59 Å². The molecule has 2 rings (SSSR count). The van der Waals surface area contributed by atoms with E-state index in [1.54, 1.807) is 30.4 Å². The summed E-state index contributed by atoms with van der Waals surface area (Å²) in [7, 11) is 0. The highest BCUT2D eigenvalue weighted by atomic mass is 79.9. The Labute approximate surface area is 285 Å². The number of hydrogen-bond acceptors (Lipinski definition) is 5. The van der Waals surface area contributed by atoms with Crippen molar-refractivity contribution in [3.8, 4) is 23.0 Å².